The van der Waals surface area contributed by atoms with Gasteiger partial charge in [0.1, 0.15) is 0 Å². The Morgan fingerprint density at radius 3 is 2.72 bits per heavy atom. The maximum atomic E-state index is 12.5. The number of aromatic nitrogens is 1. The van der Waals surface area contributed by atoms with Crippen LogP contribution in [0.3, 0.4) is 0 Å². The third-order valence-electron chi connectivity index (χ3n) is 5.17. The molecule has 3 heterocycles. The van der Waals surface area contributed by atoms with Gasteiger partial charge in [0.2, 0.25) is 0 Å². The molecule has 7 heteroatoms. The number of piperazine rings is 1. The van der Waals surface area contributed by atoms with E-state index in [-0.39, 0.29) is 12.0 Å². The van der Waals surface area contributed by atoms with Crippen LogP contribution in [0, 0.1) is 0 Å². The van der Waals surface area contributed by atoms with E-state index in [4.69, 9.17) is 9.26 Å². The molecule has 1 aromatic heterocycles. The third-order valence-corrected chi connectivity index (χ3v) is 5.17. The van der Waals surface area contributed by atoms with Crippen molar-refractivity contribution in [3.05, 3.63) is 17.5 Å². The molecule has 7 nitrogen and oxygen atoms in total. The van der Waals surface area contributed by atoms with Crippen molar-refractivity contribution in [3.63, 3.8) is 0 Å². The van der Waals surface area contributed by atoms with E-state index in [1.807, 2.05) is 0 Å². The van der Waals surface area contributed by atoms with Gasteiger partial charge >= 0.3 is 0 Å². The molecule has 2 aliphatic rings. The van der Waals surface area contributed by atoms with Gasteiger partial charge in [0.25, 0.3) is 5.91 Å². The van der Waals surface area contributed by atoms with E-state index in [9.17, 15) is 4.79 Å². The molecular formula is C18H30N4O3. The Kier molecular flexibility index (Phi) is 6.45. The summed E-state index contributed by atoms with van der Waals surface area (Å²) < 4.78 is 11.1. The van der Waals surface area contributed by atoms with Crippen LogP contribution < -0.4 is 0 Å². The molecule has 3 rings (SSSR count). The Hall–Kier alpha value is -1.44. The predicted molar refractivity (Wildman–Crippen MR) is 94.4 cm³/mol. The molecule has 0 radical (unpaired) electrons. The second-order valence-corrected chi connectivity index (χ2v) is 7.06. The van der Waals surface area contributed by atoms with Gasteiger partial charge in [-0.1, -0.05) is 12.1 Å². The van der Waals surface area contributed by atoms with Crippen LogP contribution in [0.25, 0.3) is 0 Å². The van der Waals surface area contributed by atoms with E-state index < -0.39 is 0 Å². The molecule has 1 atom stereocenters. The largest absolute Gasteiger partial charge is 0.376 e. The number of ether oxygens (including phenoxy) is 1. The minimum atomic E-state index is -0.0972. The maximum Gasteiger partial charge on any atom is 0.275 e. The smallest absolute Gasteiger partial charge is 0.275 e. The van der Waals surface area contributed by atoms with E-state index in [2.05, 4.69) is 21.9 Å². The Labute approximate surface area is 149 Å². The Morgan fingerprint density at radius 1 is 1.28 bits per heavy atom. The van der Waals surface area contributed by atoms with Gasteiger partial charge in [-0.2, -0.15) is 0 Å². The van der Waals surface area contributed by atoms with Crippen LogP contribution in [-0.4, -0.2) is 84.8 Å². The number of amides is 1. The van der Waals surface area contributed by atoms with E-state index in [0.29, 0.717) is 18.8 Å². The van der Waals surface area contributed by atoms with E-state index >= 15 is 0 Å². The zero-order valence-corrected chi connectivity index (χ0v) is 15.4. The summed E-state index contributed by atoms with van der Waals surface area (Å²) in [5, 5.41) is 3.98. The number of hydrogen-bond donors (Lipinski definition) is 0. The summed E-state index contributed by atoms with van der Waals surface area (Å²) in [6, 6.07) is 1.78. The number of rotatable bonds is 6. The van der Waals surface area contributed by atoms with Crippen molar-refractivity contribution in [1.82, 2.24) is 19.9 Å². The van der Waals surface area contributed by atoms with Crippen LogP contribution >= 0.6 is 0 Å². The average Bonchev–Trinajstić information content (AvgIpc) is 3.11. The Bertz CT molecular complexity index is 548. The zero-order valence-electron chi connectivity index (χ0n) is 15.4. The van der Waals surface area contributed by atoms with Gasteiger partial charge < -0.3 is 19.1 Å². The van der Waals surface area contributed by atoms with Crippen molar-refractivity contribution in [2.45, 2.75) is 38.8 Å². The fraction of sp³-hybridized carbons (Fsp3) is 0.778. The molecule has 1 amide bonds. The second kappa shape index (κ2) is 8.78. The van der Waals surface area contributed by atoms with E-state index in [1.165, 1.54) is 6.42 Å². The van der Waals surface area contributed by atoms with Gasteiger partial charge in [-0.25, -0.2) is 0 Å². The van der Waals surface area contributed by atoms with Crippen LogP contribution in [0.15, 0.2) is 10.6 Å². The first kappa shape index (κ1) is 18.4. The van der Waals surface area contributed by atoms with Gasteiger partial charge in [0.15, 0.2) is 11.5 Å². The lowest BCUT2D eigenvalue weighted by Gasteiger charge is -2.33. The lowest BCUT2D eigenvalue weighted by molar-refractivity contribution is -0.000360. The first-order valence-corrected chi connectivity index (χ1v) is 9.43. The molecule has 1 unspecified atom stereocenters. The van der Waals surface area contributed by atoms with Gasteiger partial charge in [-0.15, -0.1) is 0 Å². The Balaban J connectivity index is 1.49. The highest BCUT2D eigenvalue weighted by molar-refractivity contribution is 5.92. The topological polar surface area (TPSA) is 62.0 Å². The summed E-state index contributed by atoms with van der Waals surface area (Å²) in [5.74, 6) is 0.663. The first-order chi connectivity index (χ1) is 12.2. The molecular weight excluding hydrogens is 320 g/mol. The van der Waals surface area contributed by atoms with Gasteiger partial charge in [-0.05, 0) is 25.8 Å². The number of carbonyl (C=O) groups excluding carboxylic acids is 1. The molecule has 2 fully saturated rings. The molecule has 0 N–H and O–H groups in total. The summed E-state index contributed by atoms with van der Waals surface area (Å²) in [6.45, 7) is 9.64. The van der Waals surface area contributed by atoms with Crippen molar-refractivity contribution in [1.29, 1.82) is 0 Å². The average molecular weight is 350 g/mol. The SMILES string of the molecule is CCN1CCN(Cc2cc(C(=O)N(C)CC3CCCCO3)no2)CC1. The van der Waals surface area contributed by atoms with Crippen molar-refractivity contribution >= 4 is 5.91 Å². The van der Waals surface area contributed by atoms with Crippen molar-refractivity contribution in [2.24, 2.45) is 0 Å². The normalized spacial score (nSPS) is 22.9. The monoisotopic (exact) mass is 350 g/mol. The molecule has 2 saturated heterocycles. The van der Waals surface area contributed by atoms with E-state index in [1.54, 1.807) is 18.0 Å². The molecule has 140 valence electrons. The standard InChI is InChI=1S/C18H30N4O3/c1-3-21-7-9-22(10-8-21)14-16-12-17(19-25-16)18(23)20(2)13-15-6-4-5-11-24-15/h12,15H,3-11,13-14H2,1-2H3. The van der Waals surface area contributed by atoms with Crippen molar-refractivity contribution in [3.8, 4) is 0 Å². The molecule has 0 bridgehead atoms. The second-order valence-electron chi connectivity index (χ2n) is 7.06. The molecule has 1 aromatic rings. The summed E-state index contributed by atoms with van der Waals surface area (Å²) in [4.78, 5) is 19.0. The summed E-state index contributed by atoms with van der Waals surface area (Å²) in [7, 11) is 1.80. The number of hydrogen-bond acceptors (Lipinski definition) is 6. The number of carbonyl (C=O) groups is 1. The van der Waals surface area contributed by atoms with Crippen LogP contribution in [0.1, 0.15) is 42.4 Å². The minimum absolute atomic E-state index is 0.0972. The zero-order chi connectivity index (χ0) is 17.6. The fourth-order valence-corrected chi connectivity index (χ4v) is 3.51. The Morgan fingerprint density at radius 2 is 2.04 bits per heavy atom. The van der Waals surface area contributed by atoms with Crippen LogP contribution in [0.5, 0.6) is 0 Å². The highest BCUT2D eigenvalue weighted by Crippen LogP contribution is 2.15. The van der Waals surface area contributed by atoms with Crippen LogP contribution in [0.4, 0.5) is 0 Å². The summed E-state index contributed by atoms with van der Waals surface area (Å²) in [5.41, 5.74) is 0.389. The molecule has 0 aliphatic carbocycles. The van der Waals surface area contributed by atoms with Crippen LogP contribution in [0.2, 0.25) is 0 Å². The molecule has 0 aromatic carbocycles. The molecule has 25 heavy (non-hydrogen) atoms. The van der Waals surface area contributed by atoms with Gasteiger partial charge in [-0.3, -0.25) is 9.69 Å². The summed E-state index contributed by atoms with van der Waals surface area (Å²) >= 11 is 0. The van der Waals surface area contributed by atoms with Crippen molar-refractivity contribution < 1.29 is 14.1 Å². The van der Waals surface area contributed by atoms with Crippen LogP contribution in [-0.2, 0) is 11.3 Å². The molecule has 0 saturated carbocycles. The predicted octanol–water partition coefficient (Wildman–Crippen LogP) is 1.45. The number of nitrogens with zero attached hydrogens (tertiary/aromatic N) is 4. The lowest BCUT2D eigenvalue weighted by atomic mass is 10.1. The van der Waals surface area contributed by atoms with E-state index in [0.717, 1.165) is 57.9 Å². The molecule has 2 aliphatic heterocycles. The quantitative estimate of drug-likeness (QED) is 0.774. The van der Waals surface area contributed by atoms with Gasteiger partial charge in [0.05, 0.1) is 12.6 Å². The number of likely N-dealkylation sites (N-methyl/N-ethyl adjacent to an activating group) is 2. The third kappa shape index (κ3) is 5.03. The highest BCUT2D eigenvalue weighted by Gasteiger charge is 2.23. The molecule has 0 spiro atoms. The first-order valence-electron chi connectivity index (χ1n) is 9.43. The van der Waals surface area contributed by atoms with Crippen molar-refractivity contribution in [2.75, 3.05) is 52.9 Å². The fourth-order valence-electron chi connectivity index (χ4n) is 3.51. The lowest BCUT2D eigenvalue weighted by Crippen LogP contribution is -2.45. The minimum Gasteiger partial charge on any atom is -0.376 e. The highest BCUT2D eigenvalue weighted by atomic mass is 16.5. The maximum absolute atomic E-state index is 12.5. The van der Waals surface area contributed by atoms with Gasteiger partial charge in [0, 0.05) is 52.4 Å². The summed E-state index contributed by atoms with van der Waals surface area (Å²) in [6.07, 6.45) is 3.45.